The normalized spacial score (nSPS) is 25.1. The van der Waals surface area contributed by atoms with E-state index >= 15 is 0 Å². The Balaban J connectivity index is 0.00000264. The number of carbonyl (C=O) groups excluding carboxylic acids is 2. The summed E-state index contributed by atoms with van der Waals surface area (Å²) in [4.78, 5) is 28.9. The average molecular weight is 346 g/mol. The Morgan fingerprint density at radius 2 is 1.70 bits per heavy atom. The number of hydrogen-bond donors (Lipinski definition) is 1. The van der Waals surface area contributed by atoms with Gasteiger partial charge >= 0.3 is 0 Å². The molecule has 2 rings (SSSR count). The third-order valence-electron chi connectivity index (χ3n) is 5.51. The molecule has 134 valence electrons. The molecule has 0 aromatic carbocycles. The first-order valence-electron chi connectivity index (χ1n) is 8.89. The van der Waals surface area contributed by atoms with Crippen molar-refractivity contribution in [3.63, 3.8) is 0 Å². The maximum atomic E-state index is 12.7. The molecule has 2 fully saturated rings. The van der Waals surface area contributed by atoms with Crippen molar-refractivity contribution in [1.82, 2.24) is 9.80 Å². The van der Waals surface area contributed by atoms with E-state index in [2.05, 4.69) is 0 Å². The van der Waals surface area contributed by atoms with E-state index in [0.717, 1.165) is 58.3 Å². The Bertz CT molecular complexity index is 393. The minimum absolute atomic E-state index is 0. The van der Waals surface area contributed by atoms with E-state index in [1.54, 1.807) is 0 Å². The van der Waals surface area contributed by atoms with Gasteiger partial charge in [0.1, 0.15) is 0 Å². The number of amides is 2. The Morgan fingerprint density at radius 1 is 1.09 bits per heavy atom. The topological polar surface area (TPSA) is 66.6 Å². The van der Waals surface area contributed by atoms with Crippen molar-refractivity contribution in [2.24, 2.45) is 23.5 Å². The van der Waals surface area contributed by atoms with Crippen molar-refractivity contribution < 1.29 is 9.59 Å². The molecule has 2 aliphatic rings. The second-order valence-electron chi connectivity index (χ2n) is 6.64. The molecule has 0 aromatic rings. The number of nitrogens with two attached hydrogens (primary N) is 1. The largest absolute Gasteiger partial charge is 0.343 e. The minimum atomic E-state index is 0. The molecule has 0 aromatic heterocycles. The summed E-state index contributed by atoms with van der Waals surface area (Å²) in [5.74, 6) is 1.12. The molecule has 1 saturated heterocycles. The number of nitrogens with zero attached hydrogens (tertiary/aromatic N) is 2. The van der Waals surface area contributed by atoms with Gasteiger partial charge in [-0.25, -0.2) is 0 Å². The van der Waals surface area contributed by atoms with Gasteiger partial charge in [-0.05, 0) is 52.0 Å². The SMILES string of the molecule is CCN(CC)C(=O)C1CCN(C(=O)[C@@H]2CCC[C@@H]2CN)CC1.Cl. The highest BCUT2D eigenvalue weighted by atomic mass is 35.5. The van der Waals surface area contributed by atoms with E-state index in [1.807, 2.05) is 23.6 Å². The number of likely N-dealkylation sites (tertiary alicyclic amines) is 1. The Hall–Kier alpha value is -0.810. The van der Waals surface area contributed by atoms with Crippen LogP contribution in [-0.2, 0) is 9.59 Å². The van der Waals surface area contributed by atoms with E-state index < -0.39 is 0 Å². The highest BCUT2D eigenvalue weighted by Gasteiger charge is 2.37. The van der Waals surface area contributed by atoms with Gasteiger partial charge in [0.15, 0.2) is 0 Å². The molecule has 5 nitrogen and oxygen atoms in total. The van der Waals surface area contributed by atoms with Crippen LogP contribution in [0.25, 0.3) is 0 Å². The molecule has 0 spiro atoms. The van der Waals surface area contributed by atoms with Gasteiger partial charge in [0, 0.05) is 38.0 Å². The number of carbonyl (C=O) groups is 2. The highest BCUT2D eigenvalue weighted by molar-refractivity contribution is 5.85. The number of halogens is 1. The van der Waals surface area contributed by atoms with Crippen molar-refractivity contribution in [2.45, 2.75) is 46.0 Å². The van der Waals surface area contributed by atoms with Crippen LogP contribution >= 0.6 is 12.4 Å². The molecule has 1 aliphatic heterocycles. The van der Waals surface area contributed by atoms with E-state index in [1.165, 1.54) is 0 Å². The molecule has 0 unspecified atom stereocenters. The van der Waals surface area contributed by atoms with Gasteiger partial charge in [0.2, 0.25) is 11.8 Å². The van der Waals surface area contributed by atoms with Crippen LogP contribution in [0.1, 0.15) is 46.0 Å². The van der Waals surface area contributed by atoms with Gasteiger partial charge < -0.3 is 15.5 Å². The van der Waals surface area contributed by atoms with Gasteiger partial charge in [-0.3, -0.25) is 9.59 Å². The second kappa shape index (κ2) is 9.48. The van der Waals surface area contributed by atoms with Crippen LogP contribution in [0, 0.1) is 17.8 Å². The van der Waals surface area contributed by atoms with E-state index in [9.17, 15) is 9.59 Å². The number of rotatable bonds is 5. The molecule has 0 radical (unpaired) electrons. The maximum Gasteiger partial charge on any atom is 0.226 e. The highest BCUT2D eigenvalue weighted by Crippen LogP contribution is 2.33. The van der Waals surface area contributed by atoms with Crippen molar-refractivity contribution in [3.05, 3.63) is 0 Å². The lowest BCUT2D eigenvalue weighted by molar-refractivity contribution is -0.143. The Kier molecular flexibility index (Phi) is 8.34. The summed E-state index contributed by atoms with van der Waals surface area (Å²) in [6, 6.07) is 0. The molecule has 2 N–H and O–H groups in total. The van der Waals surface area contributed by atoms with Crippen molar-refractivity contribution in [1.29, 1.82) is 0 Å². The summed E-state index contributed by atoms with van der Waals surface area (Å²) in [5.41, 5.74) is 5.80. The predicted octanol–water partition coefficient (Wildman–Crippen LogP) is 1.89. The third kappa shape index (κ3) is 4.60. The molecule has 6 heteroatoms. The monoisotopic (exact) mass is 345 g/mol. The summed E-state index contributed by atoms with van der Waals surface area (Å²) in [7, 11) is 0. The summed E-state index contributed by atoms with van der Waals surface area (Å²) in [6.07, 6.45) is 4.81. The third-order valence-corrected chi connectivity index (χ3v) is 5.51. The van der Waals surface area contributed by atoms with E-state index in [4.69, 9.17) is 5.73 Å². The van der Waals surface area contributed by atoms with Crippen LogP contribution in [0.4, 0.5) is 0 Å². The number of piperidine rings is 1. The van der Waals surface area contributed by atoms with Crippen molar-refractivity contribution >= 4 is 24.2 Å². The van der Waals surface area contributed by atoms with Gasteiger partial charge in [-0.2, -0.15) is 0 Å². The molecule has 0 bridgehead atoms. The Morgan fingerprint density at radius 3 is 2.22 bits per heavy atom. The van der Waals surface area contributed by atoms with Gasteiger partial charge in [0.25, 0.3) is 0 Å². The zero-order valence-electron chi connectivity index (χ0n) is 14.5. The molecular formula is C17H32ClN3O2. The lowest BCUT2D eigenvalue weighted by Gasteiger charge is -2.35. The molecule has 2 amide bonds. The van der Waals surface area contributed by atoms with Gasteiger partial charge in [-0.1, -0.05) is 6.42 Å². The zero-order chi connectivity index (χ0) is 16.1. The maximum absolute atomic E-state index is 12.7. The quantitative estimate of drug-likeness (QED) is 0.827. The molecule has 23 heavy (non-hydrogen) atoms. The molecular weight excluding hydrogens is 314 g/mol. The molecule has 1 saturated carbocycles. The molecule has 1 aliphatic carbocycles. The van der Waals surface area contributed by atoms with Crippen LogP contribution in [-0.4, -0.2) is 54.3 Å². The average Bonchev–Trinajstić information content (AvgIpc) is 3.04. The summed E-state index contributed by atoms with van der Waals surface area (Å²) < 4.78 is 0. The lowest BCUT2D eigenvalue weighted by Crippen LogP contribution is -2.46. The fraction of sp³-hybridized carbons (Fsp3) is 0.882. The molecule has 2 atom stereocenters. The molecule has 1 heterocycles. The van der Waals surface area contributed by atoms with Crippen LogP contribution in [0.15, 0.2) is 0 Å². The first-order chi connectivity index (χ1) is 10.6. The van der Waals surface area contributed by atoms with Crippen LogP contribution in [0.3, 0.4) is 0 Å². The van der Waals surface area contributed by atoms with Crippen LogP contribution < -0.4 is 5.73 Å². The predicted molar refractivity (Wildman–Crippen MR) is 94.4 cm³/mol. The van der Waals surface area contributed by atoms with Crippen molar-refractivity contribution in [2.75, 3.05) is 32.7 Å². The van der Waals surface area contributed by atoms with Gasteiger partial charge in [-0.15, -0.1) is 12.4 Å². The standard InChI is InChI=1S/C17H31N3O2.ClH/c1-3-19(4-2)16(21)13-8-10-20(11-9-13)17(22)15-7-5-6-14(15)12-18;/h13-15H,3-12,18H2,1-2H3;1H/t14-,15-;/m1./s1. The van der Waals surface area contributed by atoms with Crippen LogP contribution in [0.2, 0.25) is 0 Å². The summed E-state index contributed by atoms with van der Waals surface area (Å²) in [6.45, 7) is 7.66. The minimum Gasteiger partial charge on any atom is -0.343 e. The zero-order valence-corrected chi connectivity index (χ0v) is 15.3. The number of hydrogen-bond acceptors (Lipinski definition) is 3. The Labute approximate surface area is 146 Å². The fourth-order valence-corrected chi connectivity index (χ4v) is 4.02. The second-order valence-corrected chi connectivity index (χ2v) is 6.64. The first kappa shape index (κ1) is 20.2. The summed E-state index contributed by atoms with van der Waals surface area (Å²) in [5, 5.41) is 0. The van der Waals surface area contributed by atoms with Gasteiger partial charge in [0.05, 0.1) is 0 Å². The van der Waals surface area contributed by atoms with E-state index in [0.29, 0.717) is 12.5 Å². The van der Waals surface area contributed by atoms with Crippen LogP contribution in [0.5, 0.6) is 0 Å². The summed E-state index contributed by atoms with van der Waals surface area (Å²) >= 11 is 0. The first-order valence-corrected chi connectivity index (χ1v) is 8.89. The smallest absolute Gasteiger partial charge is 0.226 e. The van der Waals surface area contributed by atoms with Crippen molar-refractivity contribution in [3.8, 4) is 0 Å². The van der Waals surface area contributed by atoms with E-state index in [-0.39, 0.29) is 36.1 Å². The lowest BCUT2D eigenvalue weighted by atomic mass is 9.91. The fourth-order valence-electron chi connectivity index (χ4n) is 4.02.